The van der Waals surface area contributed by atoms with Gasteiger partial charge in [0.25, 0.3) is 0 Å². The Bertz CT molecular complexity index is 327. The van der Waals surface area contributed by atoms with E-state index in [1.165, 1.54) is 12.3 Å². The van der Waals surface area contributed by atoms with Gasteiger partial charge in [-0.15, -0.1) is 11.7 Å². The third-order valence-electron chi connectivity index (χ3n) is 1.05. The highest BCUT2D eigenvalue weighted by molar-refractivity contribution is 7.91. The van der Waals surface area contributed by atoms with E-state index in [4.69, 9.17) is 0 Å². The van der Waals surface area contributed by atoms with Gasteiger partial charge in [-0.1, -0.05) is 6.08 Å². The highest BCUT2D eigenvalue weighted by atomic mass is 32.2. The normalized spacial score (nSPS) is 11.3. The van der Waals surface area contributed by atoms with Gasteiger partial charge in [0.15, 0.2) is 5.03 Å². The summed E-state index contributed by atoms with van der Waals surface area (Å²) in [5, 5.41) is 8.99. The minimum absolute atomic E-state index is 0.0441. The van der Waals surface area contributed by atoms with Gasteiger partial charge in [0.1, 0.15) is 0 Å². The van der Waals surface area contributed by atoms with Crippen LogP contribution in [0.5, 0.6) is 0 Å². The van der Waals surface area contributed by atoms with Gasteiger partial charge in [0.2, 0.25) is 9.84 Å². The Labute approximate surface area is 64.0 Å². The summed E-state index contributed by atoms with van der Waals surface area (Å²) in [6.45, 7) is 3.32. The highest BCUT2D eigenvalue weighted by Crippen LogP contribution is 2.03. The molecule has 0 amide bonds. The summed E-state index contributed by atoms with van der Waals surface area (Å²) < 4.78 is 22.2. The smallest absolute Gasteiger partial charge is 0.202 e. The number of hydrogen-bond donors (Lipinski definition) is 1. The van der Waals surface area contributed by atoms with Gasteiger partial charge in [-0.25, -0.2) is 8.42 Å². The molecular formula is C5H7N3O2S. The maximum atomic E-state index is 11.1. The topological polar surface area (TPSA) is 75.7 Å². The van der Waals surface area contributed by atoms with Crippen LogP contribution in [0.1, 0.15) is 0 Å². The molecule has 0 atom stereocenters. The zero-order chi connectivity index (χ0) is 8.32. The summed E-state index contributed by atoms with van der Waals surface area (Å²) in [6.07, 6.45) is 2.48. The van der Waals surface area contributed by atoms with Crippen LogP contribution in [0.4, 0.5) is 0 Å². The molecule has 0 fully saturated rings. The lowest BCUT2D eigenvalue weighted by atomic mass is 10.8. The van der Waals surface area contributed by atoms with Gasteiger partial charge in [0, 0.05) is 0 Å². The lowest BCUT2D eigenvalue weighted by molar-refractivity contribution is 0.595. The molecule has 0 radical (unpaired) electrons. The van der Waals surface area contributed by atoms with Crippen molar-refractivity contribution in [1.29, 1.82) is 0 Å². The quantitative estimate of drug-likeness (QED) is 0.640. The fourth-order valence-corrected chi connectivity index (χ4v) is 1.46. The van der Waals surface area contributed by atoms with Gasteiger partial charge >= 0.3 is 0 Å². The maximum Gasteiger partial charge on any atom is 0.202 e. The van der Waals surface area contributed by atoms with Crippen molar-refractivity contribution < 1.29 is 8.42 Å². The fraction of sp³-hybridized carbons (Fsp3) is 0.200. The molecule has 0 bridgehead atoms. The van der Waals surface area contributed by atoms with E-state index in [2.05, 4.69) is 22.0 Å². The van der Waals surface area contributed by atoms with Crippen molar-refractivity contribution >= 4 is 9.84 Å². The van der Waals surface area contributed by atoms with E-state index >= 15 is 0 Å². The third kappa shape index (κ3) is 1.64. The molecule has 1 aromatic heterocycles. The predicted octanol–water partition coefficient (Wildman–Crippen LogP) is -0.236. The SMILES string of the molecule is C=CCS(=O)(=O)c1cn[nH]n1. The second kappa shape index (κ2) is 2.83. The van der Waals surface area contributed by atoms with E-state index in [9.17, 15) is 8.42 Å². The van der Waals surface area contributed by atoms with E-state index < -0.39 is 9.84 Å². The van der Waals surface area contributed by atoms with Crippen molar-refractivity contribution in [2.75, 3.05) is 5.75 Å². The summed E-state index contributed by atoms with van der Waals surface area (Å²) in [7, 11) is -3.29. The Hall–Kier alpha value is -1.17. The van der Waals surface area contributed by atoms with Gasteiger partial charge in [-0.3, -0.25) is 0 Å². The first-order valence-electron chi connectivity index (χ1n) is 2.86. The largest absolute Gasteiger partial charge is 0.222 e. The summed E-state index contributed by atoms with van der Waals surface area (Å²) >= 11 is 0. The van der Waals surface area contributed by atoms with Gasteiger partial charge in [0.05, 0.1) is 11.9 Å². The predicted molar refractivity (Wildman–Crippen MR) is 38.6 cm³/mol. The molecule has 0 aromatic carbocycles. The lowest BCUT2D eigenvalue weighted by Gasteiger charge is -1.91. The molecule has 1 rings (SSSR count). The van der Waals surface area contributed by atoms with E-state index in [1.807, 2.05) is 0 Å². The Balaban J connectivity index is 3.01. The summed E-state index contributed by atoms with van der Waals surface area (Å²) in [4.78, 5) is 0. The van der Waals surface area contributed by atoms with Crippen LogP contribution in [0, 0.1) is 0 Å². The van der Waals surface area contributed by atoms with Crippen molar-refractivity contribution in [2.45, 2.75) is 5.03 Å². The van der Waals surface area contributed by atoms with Crippen LogP contribution in [0.25, 0.3) is 0 Å². The highest BCUT2D eigenvalue weighted by Gasteiger charge is 2.14. The van der Waals surface area contributed by atoms with Crippen LogP contribution in [0.3, 0.4) is 0 Å². The molecule has 0 aliphatic rings. The lowest BCUT2D eigenvalue weighted by Crippen LogP contribution is -2.04. The van der Waals surface area contributed by atoms with E-state index in [1.54, 1.807) is 0 Å². The molecule has 0 unspecified atom stereocenters. The first kappa shape index (κ1) is 7.93. The van der Waals surface area contributed by atoms with Crippen molar-refractivity contribution in [3.63, 3.8) is 0 Å². The van der Waals surface area contributed by atoms with Crippen LogP contribution < -0.4 is 0 Å². The van der Waals surface area contributed by atoms with E-state index in [0.717, 1.165) is 0 Å². The standard InChI is InChI=1S/C5H7N3O2S/c1-2-3-11(9,10)5-4-6-8-7-5/h2,4H,1,3H2,(H,6,7,8). The average Bonchev–Trinajstić information content (AvgIpc) is 2.37. The number of rotatable bonds is 3. The molecule has 0 saturated heterocycles. The first-order valence-corrected chi connectivity index (χ1v) is 4.51. The van der Waals surface area contributed by atoms with Crippen LogP contribution in [-0.2, 0) is 9.84 Å². The van der Waals surface area contributed by atoms with Crippen molar-refractivity contribution in [3.05, 3.63) is 18.9 Å². The molecule has 0 saturated carbocycles. The Morgan fingerprint density at radius 2 is 2.45 bits per heavy atom. The molecule has 0 aliphatic heterocycles. The third-order valence-corrected chi connectivity index (χ3v) is 2.56. The van der Waals surface area contributed by atoms with Crippen LogP contribution >= 0.6 is 0 Å². The average molecular weight is 173 g/mol. The fourth-order valence-electron chi connectivity index (χ4n) is 0.581. The van der Waals surface area contributed by atoms with Gasteiger partial charge < -0.3 is 0 Å². The summed E-state index contributed by atoms with van der Waals surface area (Å²) in [5.41, 5.74) is 0. The molecule has 1 N–H and O–H groups in total. The number of nitrogens with zero attached hydrogens (tertiary/aromatic N) is 2. The molecule has 0 spiro atoms. The Morgan fingerprint density at radius 3 is 2.91 bits per heavy atom. The van der Waals surface area contributed by atoms with Crippen molar-refractivity contribution in [3.8, 4) is 0 Å². The second-order valence-electron chi connectivity index (χ2n) is 1.88. The maximum absolute atomic E-state index is 11.1. The number of H-pyrrole nitrogens is 1. The number of hydrogen-bond acceptors (Lipinski definition) is 4. The number of aromatic nitrogens is 3. The van der Waals surface area contributed by atoms with Crippen LogP contribution in [-0.4, -0.2) is 29.6 Å². The minimum Gasteiger partial charge on any atom is -0.222 e. The van der Waals surface area contributed by atoms with Gasteiger partial charge in [-0.05, 0) is 0 Å². The second-order valence-corrected chi connectivity index (χ2v) is 3.86. The monoisotopic (exact) mass is 173 g/mol. The molecule has 60 valence electrons. The van der Waals surface area contributed by atoms with Crippen molar-refractivity contribution in [1.82, 2.24) is 15.4 Å². The van der Waals surface area contributed by atoms with Gasteiger partial charge in [-0.2, -0.15) is 10.3 Å². The number of sulfone groups is 1. The molecule has 0 aliphatic carbocycles. The van der Waals surface area contributed by atoms with Crippen LogP contribution in [0.15, 0.2) is 23.9 Å². The molecule has 5 nitrogen and oxygen atoms in total. The molecular weight excluding hydrogens is 166 g/mol. The summed E-state index contributed by atoms with van der Waals surface area (Å²) in [5.74, 6) is -0.112. The Morgan fingerprint density at radius 1 is 1.73 bits per heavy atom. The molecule has 1 aromatic rings. The van der Waals surface area contributed by atoms with Crippen LogP contribution in [0.2, 0.25) is 0 Å². The first-order chi connectivity index (χ1) is 5.17. The van der Waals surface area contributed by atoms with E-state index in [0.29, 0.717) is 0 Å². The zero-order valence-electron chi connectivity index (χ0n) is 5.69. The number of aromatic amines is 1. The zero-order valence-corrected chi connectivity index (χ0v) is 6.50. The minimum atomic E-state index is -3.29. The molecule has 11 heavy (non-hydrogen) atoms. The summed E-state index contributed by atoms with van der Waals surface area (Å²) in [6, 6.07) is 0. The molecule has 1 heterocycles. The van der Waals surface area contributed by atoms with Crippen molar-refractivity contribution in [2.24, 2.45) is 0 Å². The Kier molecular flexibility index (Phi) is 2.04. The van der Waals surface area contributed by atoms with E-state index in [-0.39, 0.29) is 10.8 Å². The molecule has 6 heteroatoms. The number of nitrogens with one attached hydrogen (secondary N) is 1.